The first-order valence-corrected chi connectivity index (χ1v) is 7.81. The van der Waals surface area contributed by atoms with Gasteiger partial charge in [0.15, 0.2) is 0 Å². The monoisotopic (exact) mass is 289 g/mol. The second kappa shape index (κ2) is 6.15. The van der Waals surface area contributed by atoms with Crippen molar-refractivity contribution in [2.45, 2.75) is 58.0 Å². The molecule has 0 spiro atoms. The van der Waals surface area contributed by atoms with Crippen LogP contribution in [0.5, 0.6) is 0 Å². The van der Waals surface area contributed by atoms with Gasteiger partial charge in [-0.2, -0.15) is 5.26 Å². The summed E-state index contributed by atoms with van der Waals surface area (Å²) in [6.45, 7) is 3.86. The summed E-state index contributed by atoms with van der Waals surface area (Å²) in [6.07, 6.45) is 4.64. The molecule has 114 valence electrons. The molecule has 1 fully saturated rings. The number of hydrogen-bond donors (Lipinski definition) is 1. The number of hydrogen-bond acceptors (Lipinski definition) is 2. The van der Waals surface area contributed by atoms with Gasteiger partial charge in [-0.05, 0) is 50.2 Å². The van der Waals surface area contributed by atoms with Crippen LogP contribution in [0.25, 0.3) is 0 Å². The van der Waals surface area contributed by atoms with Gasteiger partial charge >= 0.3 is 0 Å². The van der Waals surface area contributed by atoms with Crippen molar-refractivity contribution in [2.24, 2.45) is 11.3 Å². The smallest absolute Gasteiger partial charge is 0.126 e. The highest BCUT2D eigenvalue weighted by Gasteiger charge is 2.49. The first-order valence-electron chi connectivity index (χ1n) is 7.81. The Morgan fingerprint density at radius 3 is 2.52 bits per heavy atom. The molecule has 1 unspecified atom stereocenters. The Hall–Kier alpha value is -1.40. The molecule has 2 nitrogen and oxygen atoms in total. The highest BCUT2D eigenvalue weighted by Crippen LogP contribution is 2.48. The minimum atomic E-state index is -1.21. The molecule has 0 amide bonds. The number of nitrogens with zero attached hydrogens (tertiary/aromatic N) is 1. The van der Waals surface area contributed by atoms with Gasteiger partial charge in [-0.3, -0.25) is 0 Å². The van der Waals surface area contributed by atoms with Crippen molar-refractivity contribution < 1.29 is 9.50 Å². The van der Waals surface area contributed by atoms with Crippen molar-refractivity contribution in [1.82, 2.24) is 0 Å². The van der Waals surface area contributed by atoms with Crippen molar-refractivity contribution in [3.8, 4) is 6.07 Å². The maximum absolute atomic E-state index is 13.8. The summed E-state index contributed by atoms with van der Waals surface area (Å²) in [4.78, 5) is 0. The first kappa shape index (κ1) is 16.0. The van der Waals surface area contributed by atoms with Crippen LogP contribution in [0, 0.1) is 28.5 Å². The van der Waals surface area contributed by atoms with E-state index < -0.39 is 11.0 Å². The third-order valence-electron chi connectivity index (χ3n) is 5.27. The summed E-state index contributed by atoms with van der Waals surface area (Å²) in [5, 5.41) is 20.6. The van der Waals surface area contributed by atoms with Gasteiger partial charge in [0.2, 0.25) is 0 Å². The van der Waals surface area contributed by atoms with E-state index in [1.807, 2.05) is 0 Å². The topological polar surface area (TPSA) is 44.0 Å². The lowest BCUT2D eigenvalue weighted by molar-refractivity contribution is -0.0638. The minimum Gasteiger partial charge on any atom is -0.388 e. The Labute approximate surface area is 126 Å². The molecule has 2 rings (SSSR count). The second-order valence-corrected chi connectivity index (χ2v) is 6.59. The van der Waals surface area contributed by atoms with Gasteiger partial charge in [0.05, 0.1) is 17.1 Å². The van der Waals surface area contributed by atoms with Gasteiger partial charge < -0.3 is 5.11 Å². The van der Waals surface area contributed by atoms with Crippen LogP contribution >= 0.6 is 0 Å². The average molecular weight is 289 g/mol. The predicted molar refractivity (Wildman–Crippen MR) is 81.0 cm³/mol. The number of benzene rings is 1. The molecule has 21 heavy (non-hydrogen) atoms. The zero-order valence-electron chi connectivity index (χ0n) is 12.9. The molecular formula is C18H24FNO. The van der Waals surface area contributed by atoms with Gasteiger partial charge in [0.25, 0.3) is 0 Å². The highest BCUT2D eigenvalue weighted by molar-refractivity contribution is 5.23. The van der Waals surface area contributed by atoms with Crippen LogP contribution in [-0.2, 0) is 6.42 Å². The number of rotatable bonds is 4. The maximum Gasteiger partial charge on any atom is 0.126 e. The van der Waals surface area contributed by atoms with Crippen molar-refractivity contribution in [1.29, 1.82) is 5.26 Å². The fourth-order valence-corrected chi connectivity index (χ4v) is 3.53. The Morgan fingerprint density at radius 2 is 2.00 bits per heavy atom. The largest absolute Gasteiger partial charge is 0.388 e. The second-order valence-electron chi connectivity index (χ2n) is 6.59. The van der Waals surface area contributed by atoms with Gasteiger partial charge in [-0.1, -0.05) is 31.5 Å². The molecular weight excluding hydrogens is 265 g/mol. The molecule has 3 heteroatoms. The zero-order chi connectivity index (χ0) is 15.5. The van der Waals surface area contributed by atoms with Crippen LogP contribution in [0.2, 0.25) is 0 Å². The molecule has 0 radical (unpaired) electrons. The summed E-state index contributed by atoms with van der Waals surface area (Å²) in [5.41, 5.74) is -1.49. The minimum absolute atomic E-state index is 0.185. The van der Waals surface area contributed by atoms with Gasteiger partial charge in [0, 0.05) is 6.42 Å². The van der Waals surface area contributed by atoms with Crippen molar-refractivity contribution in [3.63, 3.8) is 0 Å². The first-order chi connectivity index (χ1) is 9.94. The molecule has 1 saturated carbocycles. The van der Waals surface area contributed by atoms with Crippen LogP contribution in [0.4, 0.5) is 4.39 Å². The molecule has 0 aliphatic heterocycles. The van der Waals surface area contributed by atoms with Crippen LogP contribution in [0.1, 0.15) is 51.5 Å². The third-order valence-corrected chi connectivity index (χ3v) is 5.27. The van der Waals surface area contributed by atoms with E-state index in [0.29, 0.717) is 24.3 Å². The third kappa shape index (κ3) is 3.11. The van der Waals surface area contributed by atoms with Gasteiger partial charge in [-0.25, -0.2) is 4.39 Å². The summed E-state index contributed by atoms with van der Waals surface area (Å²) in [7, 11) is 0. The Balaban J connectivity index is 2.21. The molecule has 1 N–H and O–H groups in total. The number of aliphatic hydroxyl groups is 1. The SMILES string of the molecule is CCC1CCC(C#N)(C(C)(O)Cc2ccccc2F)CC1. The molecule has 0 aromatic heterocycles. The van der Waals surface area contributed by atoms with Gasteiger partial charge in [0.1, 0.15) is 5.82 Å². The standard InChI is InChI=1S/C18H24FNO/c1-3-14-8-10-18(13-20,11-9-14)17(2,21)12-15-6-4-5-7-16(15)19/h4-7,14,21H,3,8-12H2,1-2H3. The molecule has 1 aliphatic carbocycles. The van der Waals surface area contributed by atoms with E-state index in [0.717, 1.165) is 19.3 Å². The van der Waals surface area contributed by atoms with Crippen LogP contribution in [0.3, 0.4) is 0 Å². The van der Waals surface area contributed by atoms with Crippen LogP contribution < -0.4 is 0 Å². The average Bonchev–Trinajstić information content (AvgIpc) is 2.49. The van der Waals surface area contributed by atoms with E-state index in [2.05, 4.69) is 13.0 Å². The highest BCUT2D eigenvalue weighted by atomic mass is 19.1. The van der Waals surface area contributed by atoms with Crippen molar-refractivity contribution in [2.75, 3.05) is 0 Å². The van der Waals surface area contributed by atoms with E-state index >= 15 is 0 Å². The zero-order valence-corrected chi connectivity index (χ0v) is 12.9. The lowest BCUT2D eigenvalue weighted by Crippen LogP contribution is -2.49. The van der Waals surface area contributed by atoms with E-state index in [9.17, 15) is 14.8 Å². The van der Waals surface area contributed by atoms with Crippen LogP contribution in [-0.4, -0.2) is 10.7 Å². The number of nitriles is 1. The molecule has 0 saturated heterocycles. The predicted octanol–water partition coefficient (Wildman–Crippen LogP) is 4.23. The summed E-state index contributed by atoms with van der Waals surface area (Å²) in [5.74, 6) is 0.337. The Kier molecular flexibility index (Phi) is 4.68. The fourth-order valence-electron chi connectivity index (χ4n) is 3.53. The molecule has 1 atom stereocenters. The Bertz CT molecular complexity index is 524. The molecule has 1 aliphatic rings. The van der Waals surface area contributed by atoms with E-state index in [-0.39, 0.29) is 12.2 Å². The quantitative estimate of drug-likeness (QED) is 0.901. The van der Waals surface area contributed by atoms with Crippen LogP contribution in [0.15, 0.2) is 24.3 Å². The van der Waals surface area contributed by atoms with Crippen molar-refractivity contribution >= 4 is 0 Å². The van der Waals surface area contributed by atoms with Gasteiger partial charge in [-0.15, -0.1) is 0 Å². The maximum atomic E-state index is 13.8. The fraction of sp³-hybridized carbons (Fsp3) is 0.611. The molecule has 0 bridgehead atoms. The molecule has 0 heterocycles. The van der Waals surface area contributed by atoms with E-state index in [1.54, 1.807) is 25.1 Å². The molecule has 1 aromatic rings. The normalized spacial score (nSPS) is 28.6. The van der Waals surface area contributed by atoms with E-state index in [4.69, 9.17) is 0 Å². The Morgan fingerprint density at radius 1 is 1.38 bits per heavy atom. The van der Waals surface area contributed by atoms with E-state index in [1.165, 1.54) is 6.07 Å². The summed E-state index contributed by atoms with van der Waals surface area (Å²) >= 11 is 0. The van der Waals surface area contributed by atoms with Crippen molar-refractivity contribution in [3.05, 3.63) is 35.6 Å². The summed E-state index contributed by atoms with van der Waals surface area (Å²) in [6, 6.07) is 8.86. The molecule has 1 aromatic carbocycles. The summed E-state index contributed by atoms with van der Waals surface area (Å²) < 4.78 is 13.8. The number of halogens is 1. The lowest BCUT2D eigenvalue weighted by atomic mass is 9.61. The lowest BCUT2D eigenvalue weighted by Gasteiger charge is -2.44.